The maximum absolute atomic E-state index is 13.5. The number of nitrogens with two attached hydrogens (primary N) is 1. The molecule has 0 saturated carbocycles. The standard InChI is InChI=1S/C31H43N3O8/c1-8-12-33-26-21-13-17(2)14-25(41-7)27(36)19(4)15-20(5)29(42-31(32)39)24(40-6)11-9-10-18(3)30(38)34-22(28(21)37)16-23(26)35/h8-11,15-17,19,24-25,27,29,33,36H,1,12-14H2,2-7H3,(H2,32,39)(H,34,38)/b11-9+,18-10+,20-15+/t17-,19-,24+,25?,27-,29?/m1/s1. The quantitative estimate of drug-likeness (QED) is 0.271. The van der Waals surface area contributed by atoms with Gasteiger partial charge in [0.1, 0.15) is 6.10 Å². The molecule has 2 unspecified atom stereocenters. The number of hydrogen-bond donors (Lipinski definition) is 4. The molecule has 0 aromatic rings. The van der Waals surface area contributed by atoms with Gasteiger partial charge in [0.15, 0.2) is 6.10 Å². The van der Waals surface area contributed by atoms with Gasteiger partial charge in [0, 0.05) is 43.9 Å². The van der Waals surface area contributed by atoms with Gasteiger partial charge in [-0.2, -0.15) is 0 Å². The smallest absolute Gasteiger partial charge is 0.405 e. The molecule has 2 amide bonds. The molecule has 11 heteroatoms. The molecule has 0 radical (unpaired) electrons. The molecule has 2 bridgehead atoms. The number of allylic oxidation sites excluding steroid dienone is 4. The van der Waals surface area contributed by atoms with Crippen LogP contribution in [-0.2, 0) is 28.6 Å². The van der Waals surface area contributed by atoms with Gasteiger partial charge in [-0.25, -0.2) is 4.79 Å². The van der Waals surface area contributed by atoms with Crippen LogP contribution in [0.25, 0.3) is 0 Å². The second-order valence-corrected chi connectivity index (χ2v) is 10.6. The van der Waals surface area contributed by atoms with E-state index in [-0.39, 0.29) is 41.4 Å². The lowest BCUT2D eigenvalue weighted by molar-refractivity contribution is -0.120. The van der Waals surface area contributed by atoms with Crippen molar-refractivity contribution in [1.82, 2.24) is 10.6 Å². The Balaban J connectivity index is 2.62. The number of fused-ring (bicyclic) bond motifs is 2. The Morgan fingerprint density at radius 3 is 2.50 bits per heavy atom. The normalized spacial score (nSPS) is 31.6. The van der Waals surface area contributed by atoms with E-state index in [1.165, 1.54) is 20.3 Å². The lowest BCUT2D eigenvalue weighted by Crippen LogP contribution is -2.37. The van der Waals surface area contributed by atoms with E-state index >= 15 is 0 Å². The van der Waals surface area contributed by atoms with Crippen molar-refractivity contribution in [2.24, 2.45) is 17.6 Å². The number of rotatable bonds is 6. The van der Waals surface area contributed by atoms with E-state index in [4.69, 9.17) is 19.9 Å². The highest BCUT2D eigenvalue weighted by molar-refractivity contribution is 6.23. The van der Waals surface area contributed by atoms with Crippen molar-refractivity contribution >= 4 is 23.6 Å². The third kappa shape index (κ3) is 9.10. The summed E-state index contributed by atoms with van der Waals surface area (Å²) in [6.07, 6.45) is 5.34. The van der Waals surface area contributed by atoms with Crippen molar-refractivity contribution < 1.29 is 38.5 Å². The van der Waals surface area contributed by atoms with Gasteiger partial charge in [-0.15, -0.1) is 6.58 Å². The summed E-state index contributed by atoms with van der Waals surface area (Å²) in [5.41, 5.74) is 6.42. The van der Waals surface area contributed by atoms with Gasteiger partial charge in [0.05, 0.1) is 23.6 Å². The number of ether oxygens (including phenoxy) is 3. The first-order valence-electron chi connectivity index (χ1n) is 13.8. The number of hydrogen-bond acceptors (Lipinski definition) is 9. The predicted octanol–water partition coefficient (Wildman–Crippen LogP) is 2.54. The first kappa shape index (κ1) is 34.4. The Hall–Kier alpha value is -3.80. The number of methoxy groups -OCH3 is 2. The van der Waals surface area contributed by atoms with Crippen molar-refractivity contribution in [1.29, 1.82) is 0 Å². The van der Waals surface area contributed by atoms with Crippen LogP contribution < -0.4 is 16.4 Å². The number of Topliss-reactive ketones (excluding diaryl/α,β-unsaturated/α-hetero) is 1. The van der Waals surface area contributed by atoms with E-state index in [0.29, 0.717) is 12.0 Å². The van der Waals surface area contributed by atoms with Crippen molar-refractivity contribution in [2.45, 2.75) is 65.0 Å². The summed E-state index contributed by atoms with van der Waals surface area (Å²) in [5, 5.41) is 16.7. The topological polar surface area (TPSA) is 166 Å². The van der Waals surface area contributed by atoms with Crippen molar-refractivity contribution in [3.05, 3.63) is 71.1 Å². The van der Waals surface area contributed by atoms with E-state index in [1.807, 2.05) is 6.92 Å². The number of aliphatic hydroxyl groups excluding tert-OH is 1. The van der Waals surface area contributed by atoms with Crippen LogP contribution in [0.2, 0.25) is 0 Å². The summed E-state index contributed by atoms with van der Waals surface area (Å²) < 4.78 is 16.6. The molecule has 1 aliphatic heterocycles. The number of aliphatic hydroxyl groups is 1. The van der Waals surface area contributed by atoms with Gasteiger partial charge in [-0.05, 0) is 38.2 Å². The second kappa shape index (κ2) is 16.0. The fraction of sp³-hybridized carbons (Fsp3) is 0.484. The summed E-state index contributed by atoms with van der Waals surface area (Å²) >= 11 is 0. The minimum absolute atomic E-state index is 0.132. The van der Waals surface area contributed by atoms with Gasteiger partial charge < -0.3 is 35.7 Å². The minimum Gasteiger partial charge on any atom is -0.439 e. The average Bonchev–Trinajstić information content (AvgIpc) is 2.94. The molecule has 0 aromatic heterocycles. The fourth-order valence-corrected chi connectivity index (χ4v) is 4.95. The van der Waals surface area contributed by atoms with Crippen LogP contribution in [0.4, 0.5) is 4.79 Å². The van der Waals surface area contributed by atoms with Gasteiger partial charge >= 0.3 is 6.09 Å². The zero-order valence-corrected chi connectivity index (χ0v) is 25.1. The van der Waals surface area contributed by atoms with Crippen LogP contribution in [0.15, 0.2) is 71.1 Å². The van der Waals surface area contributed by atoms with Gasteiger partial charge in [-0.3, -0.25) is 14.4 Å². The van der Waals surface area contributed by atoms with E-state index in [1.54, 1.807) is 45.1 Å². The molecule has 6 atom stereocenters. The number of ketones is 2. The van der Waals surface area contributed by atoms with Gasteiger partial charge in [0.2, 0.25) is 11.6 Å². The Kier molecular flexibility index (Phi) is 13.1. The van der Waals surface area contributed by atoms with Crippen LogP contribution >= 0.6 is 0 Å². The Morgan fingerprint density at radius 1 is 1.21 bits per heavy atom. The highest BCUT2D eigenvalue weighted by atomic mass is 16.6. The lowest BCUT2D eigenvalue weighted by Gasteiger charge is -2.30. The molecule has 5 N–H and O–H groups in total. The Bertz CT molecular complexity index is 1210. The summed E-state index contributed by atoms with van der Waals surface area (Å²) in [6.45, 7) is 10.9. The minimum atomic E-state index is -1.00. The first-order chi connectivity index (χ1) is 19.8. The van der Waals surface area contributed by atoms with E-state index in [9.17, 15) is 24.3 Å². The summed E-state index contributed by atoms with van der Waals surface area (Å²) in [6, 6.07) is 0. The van der Waals surface area contributed by atoms with Crippen LogP contribution in [-0.4, -0.2) is 73.9 Å². The van der Waals surface area contributed by atoms with E-state index in [2.05, 4.69) is 17.2 Å². The highest BCUT2D eigenvalue weighted by Gasteiger charge is 2.33. The van der Waals surface area contributed by atoms with E-state index in [0.717, 1.165) is 6.08 Å². The maximum Gasteiger partial charge on any atom is 0.405 e. The van der Waals surface area contributed by atoms with Crippen LogP contribution in [0.3, 0.4) is 0 Å². The second-order valence-electron chi connectivity index (χ2n) is 10.6. The molecule has 0 fully saturated rings. The van der Waals surface area contributed by atoms with Gasteiger partial charge in [0.25, 0.3) is 5.91 Å². The molecular formula is C31H43N3O8. The summed E-state index contributed by atoms with van der Waals surface area (Å²) in [7, 11) is 2.92. The lowest BCUT2D eigenvalue weighted by atomic mass is 9.85. The van der Waals surface area contributed by atoms with Crippen LogP contribution in [0.5, 0.6) is 0 Å². The molecule has 42 heavy (non-hydrogen) atoms. The molecule has 2 aliphatic rings. The van der Waals surface area contributed by atoms with Crippen LogP contribution in [0.1, 0.15) is 40.5 Å². The molecule has 2 rings (SSSR count). The molecule has 1 aliphatic carbocycles. The SMILES string of the molecule is C=CCNC1=C2C[C@@H](C)CC(OC)[C@H](O)[C@H](C)/C=C(\C)C(OC(N)=O)[C@@H](OC)/C=C/C=C(\C)C(=O)NC(=CC1=O)C2=O. The average molecular weight is 586 g/mol. The predicted molar refractivity (Wildman–Crippen MR) is 158 cm³/mol. The number of carbonyl (C=O) groups is 4. The van der Waals surface area contributed by atoms with Crippen molar-refractivity contribution in [3.8, 4) is 0 Å². The molecular weight excluding hydrogens is 542 g/mol. The molecule has 230 valence electrons. The third-order valence-corrected chi connectivity index (χ3v) is 7.22. The first-order valence-corrected chi connectivity index (χ1v) is 13.8. The molecule has 0 aromatic carbocycles. The molecule has 11 nitrogen and oxygen atoms in total. The van der Waals surface area contributed by atoms with E-state index < -0.39 is 53.9 Å². The Labute approximate surface area is 247 Å². The zero-order chi connectivity index (χ0) is 31.6. The zero-order valence-electron chi connectivity index (χ0n) is 25.1. The number of amides is 2. The van der Waals surface area contributed by atoms with Gasteiger partial charge in [-0.1, -0.05) is 44.2 Å². The molecule has 1 heterocycles. The third-order valence-electron chi connectivity index (χ3n) is 7.22. The summed E-state index contributed by atoms with van der Waals surface area (Å²) in [4.78, 5) is 51.3. The fourth-order valence-electron chi connectivity index (χ4n) is 4.95. The monoisotopic (exact) mass is 585 g/mol. The van der Waals surface area contributed by atoms with Crippen LogP contribution in [0, 0.1) is 11.8 Å². The van der Waals surface area contributed by atoms with Crippen molar-refractivity contribution in [2.75, 3.05) is 20.8 Å². The molecule has 0 saturated heterocycles. The summed E-state index contributed by atoms with van der Waals surface area (Å²) in [5.74, 6) is -2.14. The number of carbonyl (C=O) groups excluding carboxylic acids is 4. The maximum atomic E-state index is 13.5. The molecule has 0 spiro atoms. The largest absolute Gasteiger partial charge is 0.439 e. The van der Waals surface area contributed by atoms with Crippen molar-refractivity contribution in [3.63, 3.8) is 0 Å². The number of primary amides is 1. The number of nitrogens with one attached hydrogen (secondary N) is 2. The Morgan fingerprint density at radius 2 is 1.90 bits per heavy atom. The highest BCUT2D eigenvalue weighted by Crippen LogP contribution is 2.28.